The summed E-state index contributed by atoms with van der Waals surface area (Å²) < 4.78 is 0. The first-order valence-electron chi connectivity index (χ1n) is 5.86. The molecule has 1 rings (SSSR count). The van der Waals surface area contributed by atoms with E-state index < -0.39 is 0 Å². The van der Waals surface area contributed by atoms with Crippen molar-refractivity contribution in [2.45, 2.75) is 40.2 Å². The molecular formula is C14H22N2. The number of allylic oxidation sites excluding steroid dienone is 2. The molecule has 0 unspecified atom stereocenters. The Morgan fingerprint density at radius 3 is 2.75 bits per heavy atom. The Balaban J connectivity index is 3.08. The van der Waals surface area contributed by atoms with Crippen LogP contribution in [0.1, 0.15) is 34.1 Å². The lowest BCUT2D eigenvalue weighted by atomic mass is 9.93. The van der Waals surface area contributed by atoms with E-state index in [-0.39, 0.29) is 5.41 Å². The molecule has 0 aromatic rings. The van der Waals surface area contributed by atoms with Crippen molar-refractivity contribution in [1.29, 1.82) is 0 Å². The second kappa shape index (κ2) is 5.15. The van der Waals surface area contributed by atoms with Crippen LogP contribution >= 0.6 is 0 Å². The third-order valence-corrected chi connectivity index (χ3v) is 2.88. The van der Waals surface area contributed by atoms with Crippen LogP contribution in [-0.2, 0) is 0 Å². The van der Waals surface area contributed by atoms with E-state index in [1.165, 1.54) is 0 Å². The minimum Gasteiger partial charge on any atom is -0.331 e. The number of rotatable bonds is 3. The van der Waals surface area contributed by atoms with E-state index in [4.69, 9.17) is 0 Å². The van der Waals surface area contributed by atoms with E-state index in [1.54, 1.807) is 6.20 Å². The first kappa shape index (κ1) is 12.8. The summed E-state index contributed by atoms with van der Waals surface area (Å²) in [6.45, 7) is 12.4. The van der Waals surface area contributed by atoms with Gasteiger partial charge in [0.15, 0.2) is 0 Å². The third kappa shape index (κ3) is 3.09. The zero-order chi connectivity index (χ0) is 12.2. The van der Waals surface area contributed by atoms with Crippen molar-refractivity contribution in [3.8, 4) is 0 Å². The summed E-state index contributed by atoms with van der Waals surface area (Å²) in [4.78, 5) is 6.53. The van der Waals surface area contributed by atoms with Gasteiger partial charge >= 0.3 is 0 Å². The molecule has 1 aliphatic rings. The molecule has 0 radical (unpaired) electrons. The van der Waals surface area contributed by atoms with Gasteiger partial charge in [0.25, 0.3) is 0 Å². The molecule has 0 aromatic heterocycles. The fourth-order valence-corrected chi connectivity index (χ4v) is 1.55. The molecule has 0 N–H and O–H groups in total. The summed E-state index contributed by atoms with van der Waals surface area (Å²) in [5.74, 6) is 0.964. The molecule has 0 bridgehead atoms. The number of aliphatic imine (C=N–C) groups is 1. The predicted octanol–water partition coefficient (Wildman–Crippen LogP) is 3.74. The monoisotopic (exact) mass is 218 g/mol. The Bertz CT molecular complexity index is 335. The Hall–Kier alpha value is -1.31. The van der Waals surface area contributed by atoms with Crippen LogP contribution in [0.3, 0.4) is 0 Å². The molecule has 0 fully saturated rings. The Labute approximate surface area is 99.1 Å². The van der Waals surface area contributed by atoms with Gasteiger partial charge in [0.05, 0.1) is 0 Å². The molecule has 1 atom stereocenters. The van der Waals surface area contributed by atoms with Gasteiger partial charge in [-0.3, -0.25) is 0 Å². The lowest BCUT2D eigenvalue weighted by Gasteiger charge is -2.26. The van der Waals surface area contributed by atoms with Gasteiger partial charge in [-0.2, -0.15) is 0 Å². The molecule has 2 heteroatoms. The lowest BCUT2D eigenvalue weighted by Crippen LogP contribution is -2.32. The van der Waals surface area contributed by atoms with E-state index in [9.17, 15) is 0 Å². The highest BCUT2D eigenvalue weighted by atomic mass is 15.2. The number of amidine groups is 1. The minimum atomic E-state index is 0.0875. The predicted molar refractivity (Wildman–Crippen MR) is 71.3 cm³/mol. The highest BCUT2D eigenvalue weighted by Gasteiger charge is 2.18. The van der Waals surface area contributed by atoms with E-state index in [1.807, 2.05) is 0 Å². The third-order valence-electron chi connectivity index (χ3n) is 2.88. The van der Waals surface area contributed by atoms with E-state index in [0.717, 1.165) is 12.3 Å². The van der Waals surface area contributed by atoms with Crippen LogP contribution < -0.4 is 0 Å². The average Bonchev–Trinajstić information content (AvgIpc) is 2.38. The van der Waals surface area contributed by atoms with Crippen molar-refractivity contribution in [1.82, 2.24) is 4.90 Å². The molecule has 0 saturated heterocycles. The lowest BCUT2D eigenvalue weighted by molar-refractivity contribution is 0.416. The normalized spacial score (nSPS) is 23.2. The van der Waals surface area contributed by atoms with Crippen molar-refractivity contribution in [2.75, 3.05) is 0 Å². The summed E-state index contributed by atoms with van der Waals surface area (Å²) in [6.07, 6.45) is 11.3. The second-order valence-corrected chi connectivity index (χ2v) is 4.80. The molecule has 16 heavy (non-hydrogen) atoms. The molecule has 0 spiro atoms. The Morgan fingerprint density at radius 2 is 2.19 bits per heavy atom. The summed E-state index contributed by atoms with van der Waals surface area (Å²) in [7, 11) is 0. The van der Waals surface area contributed by atoms with Crippen LogP contribution in [0.15, 0.2) is 42.2 Å². The van der Waals surface area contributed by atoms with Gasteiger partial charge < -0.3 is 4.90 Å². The maximum atomic E-state index is 4.33. The highest BCUT2D eigenvalue weighted by molar-refractivity contribution is 5.94. The van der Waals surface area contributed by atoms with Gasteiger partial charge in [-0.05, 0) is 19.4 Å². The SMILES string of the molecule is C=CN=C1C=CC(C)(C)C=CN1[C@H](C)CC. The quantitative estimate of drug-likeness (QED) is 0.704. The van der Waals surface area contributed by atoms with E-state index in [0.29, 0.717) is 6.04 Å². The first-order chi connectivity index (χ1) is 7.50. The summed E-state index contributed by atoms with van der Waals surface area (Å²) in [5, 5.41) is 0. The van der Waals surface area contributed by atoms with Crippen LogP contribution in [0.25, 0.3) is 0 Å². The van der Waals surface area contributed by atoms with E-state index in [2.05, 4.69) is 68.6 Å². The van der Waals surface area contributed by atoms with E-state index >= 15 is 0 Å². The first-order valence-corrected chi connectivity index (χ1v) is 5.86. The second-order valence-electron chi connectivity index (χ2n) is 4.80. The summed E-state index contributed by atoms with van der Waals surface area (Å²) in [5.41, 5.74) is 0.0875. The van der Waals surface area contributed by atoms with Gasteiger partial charge in [0, 0.05) is 23.9 Å². The van der Waals surface area contributed by atoms with Crippen molar-refractivity contribution >= 4 is 5.84 Å². The molecule has 0 saturated carbocycles. The zero-order valence-electron chi connectivity index (χ0n) is 10.8. The number of hydrogen-bond acceptors (Lipinski definition) is 1. The fraction of sp³-hybridized carbons (Fsp3) is 0.500. The van der Waals surface area contributed by atoms with Crippen LogP contribution in [0.2, 0.25) is 0 Å². The molecule has 2 nitrogen and oxygen atoms in total. The smallest absolute Gasteiger partial charge is 0.132 e. The zero-order valence-corrected chi connectivity index (χ0v) is 10.8. The van der Waals surface area contributed by atoms with Crippen molar-refractivity contribution in [3.63, 3.8) is 0 Å². The van der Waals surface area contributed by atoms with Crippen LogP contribution in [0.4, 0.5) is 0 Å². The van der Waals surface area contributed by atoms with Gasteiger partial charge in [-0.1, -0.05) is 39.5 Å². The molecule has 0 aliphatic carbocycles. The maximum Gasteiger partial charge on any atom is 0.132 e. The Kier molecular flexibility index (Phi) is 4.11. The van der Waals surface area contributed by atoms with Crippen molar-refractivity contribution < 1.29 is 0 Å². The van der Waals surface area contributed by atoms with Crippen molar-refractivity contribution in [3.05, 3.63) is 37.2 Å². The minimum absolute atomic E-state index is 0.0875. The van der Waals surface area contributed by atoms with Crippen LogP contribution in [0, 0.1) is 5.41 Å². The van der Waals surface area contributed by atoms with Crippen LogP contribution in [-0.4, -0.2) is 16.8 Å². The topological polar surface area (TPSA) is 15.6 Å². The fourth-order valence-electron chi connectivity index (χ4n) is 1.55. The highest BCUT2D eigenvalue weighted by Crippen LogP contribution is 2.23. The molecular weight excluding hydrogens is 196 g/mol. The number of hydrogen-bond donors (Lipinski definition) is 0. The Morgan fingerprint density at radius 1 is 1.50 bits per heavy atom. The molecule has 1 heterocycles. The van der Waals surface area contributed by atoms with Crippen molar-refractivity contribution in [2.24, 2.45) is 10.4 Å². The van der Waals surface area contributed by atoms with Gasteiger partial charge in [-0.25, -0.2) is 4.99 Å². The van der Waals surface area contributed by atoms with Gasteiger partial charge in [0.2, 0.25) is 0 Å². The van der Waals surface area contributed by atoms with Gasteiger partial charge in [-0.15, -0.1) is 0 Å². The molecule has 0 amide bonds. The standard InChI is InChI=1S/C14H22N2/c1-6-12(3)16-11-10-14(4,5)9-8-13(16)15-7-2/h7-12H,2,6H2,1,3-5H3/t12-/m1/s1. The summed E-state index contributed by atoms with van der Waals surface area (Å²) in [6, 6.07) is 0.452. The average molecular weight is 218 g/mol. The summed E-state index contributed by atoms with van der Waals surface area (Å²) >= 11 is 0. The molecule has 0 aromatic carbocycles. The number of nitrogens with zero attached hydrogens (tertiary/aromatic N) is 2. The largest absolute Gasteiger partial charge is 0.331 e. The van der Waals surface area contributed by atoms with Gasteiger partial charge in [0.1, 0.15) is 5.84 Å². The maximum absolute atomic E-state index is 4.33. The van der Waals surface area contributed by atoms with Crippen LogP contribution in [0.5, 0.6) is 0 Å². The molecule has 88 valence electrons. The molecule has 1 aliphatic heterocycles.